The van der Waals surface area contributed by atoms with Gasteiger partial charge in [-0.15, -0.1) is 0 Å². The number of halogens is 3. The zero-order valence-corrected chi connectivity index (χ0v) is 13.8. The summed E-state index contributed by atoms with van der Waals surface area (Å²) in [5, 5.41) is 7.52. The molecule has 0 saturated carbocycles. The van der Waals surface area contributed by atoms with Crippen LogP contribution in [0, 0.1) is 11.6 Å². The monoisotopic (exact) mass is 357 g/mol. The highest BCUT2D eigenvalue weighted by Gasteiger charge is 2.25. The molecule has 114 valence electrons. The molecule has 0 aliphatic heterocycles. The van der Waals surface area contributed by atoms with Gasteiger partial charge in [0.1, 0.15) is 11.6 Å². The Morgan fingerprint density at radius 3 is 2.67 bits per heavy atom. The lowest BCUT2D eigenvalue weighted by Gasteiger charge is -2.22. The van der Waals surface area contributed by atoms with Gasteiger partial charge in [-0.05, 0) is 54.5 Å². The minimum Gasteiger partial charge on any atom is -0.305 e. The second kappa shape index (κ2) is 6.66. The Balaban J connectivity index is 2.59. The predicted octanol–water partition coefficient (Wildman–Crippen LogP) is 4.20. The normalized spacial score (nSPS) is 12.9. The summed E-state index contributed by atoms with van der Waals surface area (Å²) in [6, 6.07) is 3.15. The van der Waals surface area contributed by atoms with Gasteiger partial charge >= 0.3 is 0 Å². The number of aromatic nitrogens is 2. The summed E-state index contributed by atoms with van der Waals surface area (Å²) in [4.78, 5) is 0. The second-order valence-corrected chi connectivity index (χ2v) is 5.93. The Morgan fingerprint density at radius 2 is 2.05 bits per heavy atom. The van der Waals surface area contributed by atoms with Gasteiger partial charge in [-0.3, -0.25) is 4.68 Å². The number of nitrogens with one attached hydrogen (secondary N) is 1. The molecule has 0 bridgehead atoms. The van der Waals surface area contributed by atoms with Crippen LogP contribution in [0.3, 0.4) is 0 Å². The van der Waals surface area contributed by atoms with Crippen molar-refractivity contribution in [3.63, 3.8) is 0 Å². The van der Waals surface area contributed by atoms with E-state index in [0.29, 0.717) is 6.54 Å². The average Bonchev–Trinajstić information content (AvgIpc) is 2.81. The Kier molecular flexibility index (Phi) is 5.11. The van der Waals surface area contributed by atoms with Crippen LogP contribution in [-0.2, 0) is 0 Å². The molecule has 1 aromatic carbocycles. The lowest BCUT2D eigenvalue weighted by Crippen LogP contribution is -2.27. The van der Waals surface area contributed by atoms with Crippen LogP contribution in [0.2, 0.25) is 0 Å². The summed E-state index contributed by atoms with van der Waals surface area (Å²) in [7, 11) is 0. The molecule has 0 aliphatic rings. The van der Waals surface area contributed by atoms with E-state index >= 15 is 0 Å². The fraction of sp³-hybridized carbons (Fsp3) is 0.400. The zero-order valence-electron chi connectivity index (χ0n) is 12.2. The van der Waals surface area contributed by atoms with Crippen molar-refractivity contribution >= 4 is 15.9 Å². The number of rotatable bonds is 5. The van der Waals surface area contributed by atoms with E-state index in [0.717, 1.165) is 22.3 Å². The van der Waals surface area contributed by atoms with Crippen molar-refractivity contribution in [3.8, 4) is 0 Å². The third kappa shape index (κ3) is 3.32. The summed E-state index contributed by atoms with van der Waals surface area (Å²) in [6.07, 6.45) is 1.68. The zero-order chi connectivity index (χ0) is 15.6. The van der Waals surface area contributed by atoms with E-state index in [4.69, 9.17) is 0 Å². The van der Waals surface area contributed by atoms with Crippen LogP contribution in [0.15, 0.2) is 28.9 Å². The molecule has 0 aliphatic carbocycles. The molecule has 0 radical (unpaired) electrons. The Hall–Kier alpha value is -1.27. The highest BCUT2D eigenvalue weighted by Crippen LogP contribution is 2.32. The Morgan fingerprint density at radius 1 is 1.33 bits per heavy atom. The van der Waals surface area contributed by atoms with Crippen molar-refractivity contribution < 1.29 is 8.78 Å². The maximum absolute atomic E-state index is 14.1. The molecule has 6 heteroatoms. The molecule has 21 heavy (non-hydrogen) atoms. The largest absolute Gasteiger partial charge is 0.305 e. The lowest BCUT2D eigenvalue weighted by atomic mass is 10.0. The predicted molar refractivity (Wildman–Crippen MR) is 82.2 cm³/mol. The number of hydrogen-bond donors (Lipinski definition) is 1. The summed E-state index contributed by atoms with van der Waals surface area (Å²) in [5.41, 5.74) is 1.07. The standard InChI is InChI=1S/C15H18BrF2N3/c1-4-19-14(11-7-10(17)5-6-13(11)18)15-12(16)8-20-21(15)9(2)3/h5-9,14,19H,4H2,1-3H3. The van der Waals surface area contributed by atoms with Crippen molar-refractivity contribution in [3.05, 3.63) is 51.8 Å². The van der Waals surface area contributed by atoms with E-state index in [2.05, 4.69) is 26.3 Å². The van der Waals surface area contributed by atoms with E-state index in [9.17, 15) is 8.78 Å². The van der Waals surface area contributed by atoms with E-state index in [1.54, 1.807) is 6.20 Å². The van der Waals surface area contributed by atoms with E-state index in [1.165, 1.54) is 6.07 Å². The molecule has 0 spiro atoms. The van der Waals surface area contributed by atoms with Gasteiger partial charge in [0.15, 0.2) is 0 Å². The van der Waals surface area contributed by atoms with Gasteiger partial charge in [-0.25, -0.2) is 8.78 Å². The summed E-state index contributed by atoms with van der Waals surface area (Å²) in [6.45, 7) is 6.53. The van der Waals surface area contributed by atoms with Gasteiger partial charge < -0.3 is 5.32 Å². The highest BCUT2D eigenvalue weighted by molar-refractivity contribution is 9.10. The molecule has 2 rings (SSSR count). The third-order valence-corrected chi connectivity index (χ3v) is 3.84. The number of benzene rings is 1. The van der Waals surface area contributed by atoms with Crippen LogP contribution in [0.4, 0.5) is 8.78 Å². The first-order valence-corrected chi connectivity index (χ1v) is 7.66. The van der Waals surface area contributed by atoms with Crippen LogP contribution in [0.25, 0.3) is 0 Å². The molecule has 1 aromatic heterocycles. The van der Waals surface area contributed by atoms with Crippen molar-refractivity contribution in [1.82, 2.24) is 15.1 Å². The first-order valence-electron chi connectivity index (χ1n) is 6.87. The van der Waals surface area contributed by atoms with Crippen molar-refractivity contribution in [2.45, 2.75) is 32.9 Å². The van der Waals surface area contributed by atoms with E-state index in [1.807, 2.05) is 25.5 Å². The molecule has 0 fully saturated rings. The molecule has 2 aromatic rings. The first kappa shape index (κ1) is 16.1. The quantitative estimate of drug-likeness (QED) is 0.868. The summed E-state index contributed by atoms with van der Waals surface area (Å²) in [5.74, 6) is -0.896. The summed E-state index contributed by atoms with van der Waals surface area (Å²) < 4.78 is 30.2. The molecule has 1 N–H and O–H groups in total. The number of hydrogen-bond acceptors (Lipinski definition) is 2. The SMILES string of the molecule is CCNC(c1cc(F)ccc1F)c1c(Br)cnn1C(C)C. The average molecular weight is 358 g/mol. The van der Waals surface area contributed by atoms with Crippen LogP contribution in [0.5, 0.6) is 0 Å². The molecular formula is C15H18BrF2N3. The first-order chi connectivity index (χ1) is 9.95. The second-order valence-electron chi connectivity index (χ2n) is 5.07. The minimum absolute atomic E-state index is 0.115. The maximum atomic E-state index is 14.1. The minimum atomic E-state index is -0.468. The Labute approximate surface area is 131 Å². The third-order valence-electron chi connectivity index (χ3n) is 3.23. The number of nitrogens with zero attached hydrogens (tertiary/aromatic N) is 2. The van der Waals surface area contributed by atoms with Crippen LogP contribution >= 0.6 is 15.9 Å². The molecule has 1 atom stereocenters. The Bertz CT molecular complexity index is 625. The van der Waals surface area contributed by atoms with Gasteiger partial charge in [-0.1, -0.05) is 6.92 Å². The fourth-order valence-corrected chi connectivity index (χ4v) is 2.83. The van der Waals surface area contributed by atoms with E-state index < -0.39 is 17.7 Å². The van der Waals surface area contributed by atoms with Gasteiger partial charge in [0, 0.05) is 11.6 Å². The van der Waals surface area contributed by atoms with Crippen molar-refractivity contribution in [1.29, 1.82) is 0 Å². The smallest absolute Gasteiger partial charge is 0.128 e. The lowest BCUT2D eigenvalue weighted by molar-refractivity contribution is 0.464. The van der Waals surface area contributed by atoms with Crippen LogP contribution in [-0.4, -0.2) is 16.3 Å². The molecule has 1 unspecified atom stereocenters. The fourth-order valence-electron chi connectivity index (χ4n) is 2.33. The molecule has 0 amide bonds. The van der Waals surface area contributed by atoms with Crippen LogP contribution < -0.4 is 5.32 Å². The molecule has 3 nitrogen and oxygen atoms in total. The maximum Gasteiger partial charge on any atom is 0.128 e. The van der Waals surface area contributed by atoms with Gasteiger partial charge in [0.2, 0.25) is 0 Å². The summed E-state index contributed by atoms with van der Waals surface area (Å²) >= 11 is 3.46. The van der Waals surface area contributed by atoms with Gasteiger partial charge in [-0.2, -0.15) is 5.10 Å². The van der Waals surface area contributed by atoms with Crippen molar-refractivity contribution in [2.75, 3.05) is 6.54 Å². The highest BCUT2D eigenvalue weighted by atomic mass is 79.9. The molecule has 1 heterocycles. The van der Waals surface area contributed by atoms with E-state index in [-0.39, 0.29) is 11.6 Å². The van der Waals surface area contributed by atoms with Crippen LogP contribution in [0.1, 0.15) is 44.1 Å². The topological polar surface area (TPSA) is 29.9 Å². The van der Waals surface area contributed by atoms with Gasteiger partial charge in [0.25, 0.3) is 0 Å². The molecule has 0 saturated heterocycles. The van der Waals surface area contributed by atoms with Gasteiger partial charge in [0.05, 0.1) is 22.4 Å². The van der Waals surface area contributed by atoms with Crippen molar-refractivity contribution in [2.24, 2.45) is 0 Å². The molecular weight excluding hydrogens is 340 g/mol.